The van der Waals surface area contributed by atoms with E-state index in [1.165, 1.54) is 5.56 Å². The van der Waals surface area contributed by atoms with Gasteiger partial charge in [0.2, 0.25) is 5.91 Å². The molecule has 114 valence electrons. The molecule has 0 unspecified atom stereocenters. The Morgan fingerprint density at radius 2 is 2.09 bits per heavy atom. The second-order valence-corrected chi connectivity index (χ2v) is 6.06. The first-order chi connectivity index (χ1) is 10.7. The summed E-state index contributed by atoms with van der Waals surface area (Å²) in [5.74, 6) is 0.0924. The molecule has 2 aromatic rings. The van der Waals surface area contributed by atoms with Gasteiger partial charge in [0, 0.05) is 29.4 Å². The van der Waals surface area contributed by atoms with Crippen LogP contribution in [0.3, 0.4) is 0 Å². The normalized spacial score (nSPS) is 16.9. The van der Waals surface area contributed by atoms with Crippen molar-refractivity contribution in [2.24, 2.45) is 0 Å². The molecule has 1 aliphatic carbocycles. The minimum atomic E-state index is 0.0796. The van der Waals surface area contributed by atoms with Gasteiger partial charge in [-0.2, -0.15) is 0 Å². The van der Waals surface area contributed by atoms with E-state index < -0.39 is 0 Å². The molecular weight excluding hydrogens is 296 g/mol. The van der Waals surface area contributed by atoms with Gasteiger partial charge in [-0.25, -0.2) is 0 Å². The van der Waals surface area contributed by atoms with Crippen LogP contribution >= 0.6 is 11.6 Å². The van der Waals surface area contributed by atoms with Crippen molar-refractivity contribution >= 4 is 17.5 Å². The van der Waals surface area contributed by atoms with Crippen LogP contribution in [0.15, 0.2) is 36.7 Å². The Hall–Kier alpha value is -1.87. The van der Waals surface area contributed by atoms with Gasteiger partial charge in [0.25, 0.3) is 0 Å². The first kappa shape index (κ1) is 15.0. The van der Waals surface area contributed by atoms with Gasteiger partial charge in [0.15, 0.2) is 0 Å². The molecule has 1 amide bonds. The van der Waals surface area contributed by atoms with Crippen LogP contribution in [0, 0.1) is 0 Å². The molecular formula is C18H19ClN2O. The summed E-state index contributed by atoms with van der Waals surface area (Å²) in [5, 5.41) is 3.84. The van der Waals surface area contributed by atoms with Crippen LogP contribution in [-0.2, 0) is 11.2 Å². The lowest BCUT2D eigenvalue weighted by atomic mass is 9.84. The lowest BCUT2D eigenvalue weighted by Crippen LogP contribution is -2.30. The van der Waals surface area contributed by atoms with Gasteiger partial charge >= 0.3 is 0 Å². The van der Waals surface area contributed by atoms with Gasteiger partial charge < -0.3 is 5.32 Å². The molecule has 0 fully saturated rings. The van der Waals surface area contributed by atoms with E-state index in [9.17, 15) is 4.79 Å². The Bertz CT molecular complexity index is 682. The van der Waals surface area contributed by atoms with Crippen molar-refractivity contribution in [1.82, 2.24) is 10.3 Å². The minimum Gasteiger partial charge on any atom is -0.349 e. The lowest BCUT2D eigenvalue weighted by Gasteiger charge is -2.27. The molecule has 0 radical (unpaired) electrons. The summed E-state index contributed by atoms with van der Waals surface area (Å²) in [5.41, 5.74) is 4.71. The third-order valence-corrected chi connectivity index (χ3v) is 4.45. The molecule has 0 spiro atoms. The summed E-state index contributed by atoms with van der Waals surface area (Å²) in [4.78, 5) is 16.1. The third-order valence-electron chi connectivity index (χ3n) is 4.20. The molecule has 1 aliphatic rings. The lowest BCUT2D eigenvalue weighted by molar-refractivity contribution is -0.121. The summed E-state index contributed by atoms with van der Waals surface area (Å²) in [6, 6.07) is 7.92. The van der Waals surface area contributed by atoms with Gasteiger partial charge in [-0.3, -0.25) is 9.78 Å². The van der Waals surface area contributed by atoms with Crippen LogP contribution in [0.25, 0.3) is 11.1 Å². The zero-order chi connectivity index (χ0) is 15.5. The fourth-order valence-corrected chi connectivity index (χ4v) is 3.17. The zero-order valence-corrected chi connectivity index (χ0v) is 13.4. The first-order valence-electron chi connectivity index (χ1n) is 7.71. The van der Waals surface area contributed by atoms with E-state index in [1.54, 1.807) is 0 Å². The van der Waals surface area contributed by atoms with Crippen LogP contribution in [0.2, 0.25) is 5.02 Å². The highest BCUT2D eigenvalue weighted by atomic mass is 35.5. The standard InChI is InChI=1S/C18H19ClN2O/c1-2-18(22)21-17-5-3-4-14-15(10-20-11-16(14)17)12-6-8-13(19)9-7-12/h6-11,17H,2-5H2,1H3,(H,21,22)/t17-/m0/s1. The largest absolute Gasteiger partial charge is 0.349 e. The highest BCUT2D eigenvalue weighted by Gasteiger charge is 2.24. The molecule has 0 bridgehead atoms. The second-order valence-electron chi connectivity index (χ2n) is 5.63. The molecule has 22 heavy (non-hydrogen) atoms. The summed E-state index contributed by atoms with van der Waals surface area (Å²) in [7, 11) is 0. The number of benzene rings is 1. The molecule has 3 rings (SSSR count). The number of nitrogens with one attached hydrogen (secondary N) is 1. The Morgan fingerprint density at radius 1 is 1.32 bits per heavy atom. The molecule has 1 aromatic heterocycles. The van der Waals surface area contributed by atoms with Crippen molar-refractivity contribution < 1.29 is 4.79 Å². The molecule has 1 heterocycles. The minimum absolute atomic E-state index is 0.0796. The molecule has 1 atom stereocenters. The van der Waals surface area contributed by atoms with Crippen LogP contribution in [0.5, 0.6) is 0 Å². The van der Waals surface area contributed by atoms with Gasteiger partial charge in [0.1, 0.15) is 0 Å². The number of aromatic nitrogens is 1. The Morgan fingerprint density at radius 3 is 2.82 bits per heavy atom. The third kappa shape index (κ3) is 3.00. The maximum atomic E-state index is 11.7. The number of carbonyl (C=O) groups excluding carboxylic acids is 1. The number of rotatable bonds is 3. The van der Waals surface area contributed by atoms with Crippen molar-refractivity contribution in [1.29, 1.82) is 0 Å². The van der Waals surface area contributed by atoms with Crippen LogP contribution in [0.1, 0.15) is 43.4 Å². The van der Waals surface area contributed by atoms with Crippen LogP contribution in [0.4, 0.5) is 0 Å². The van der Waals surface area contributed by atoms with Crippen LogP contribution in [-0.4, -0.2) is 10.9 Å². The maximum Gasteiger partial charge on any atom is 0.220 e. The summed E-state index contributed by atoms with van der Waals surface area (Å²) in [6.07, 6.45) is 7.39. The average molecular weight is 315 g/mol. The van der Waals surface area contributed by atoms with Crippen LogP contribution < -0.4 is 5.32 Å². The monoisotopic (exact) mass is 314 g/mol. The SMILES string of the molecule is CCC(=O)N[C@H]1CCCc2c(-c3ccc(Cl)cc3)cncc21. The fourth-order valence-electron chi connectivity index (χ4n) is 3.05. The Labute approximate surface area is 135 Å². The fraction of sp³-hybridized carbons (Fsp3) is 0.333. The predicted molar refractivity (Wildman–Crippen MR) is 88.8 cm³/mol. The van der Waals surface area contributed by atoms with E-state index in [0.717, 1.165) is 41.0 Å². The van der Waals surface area contributed by atoms with Crippen molar-refractivity contribution in [3.8, 4) is 11.1 Å². The summed E-state index contributed by atoms with van der Waals surface area (Å²) >= 11 is 5.98. The Kier molecular flexibility index (Phi) is 4.44. The average Bonchev–Trinajstić information content (AvgIpc) is 2.55. The van der Waals surface area contributed by atoms with E-state index in [2.05, 4.69) is 10.3 Å². The number of halogens is 1. The number of hydrogen-bond acceptors (Lipinski definition) is 2. The maximum absolute atomic E-state index is 11.7. The molecule has 0 saturated heterocycles. The number of nitrogens with zero attached hydrogens (tertiary/aromatic N) is 1. The molecule has 0 saturated carbocycles. The van der Waals surface area contributed by atoms with Crippen molar-refractivity contribution in [3.63, 3.8) is 0 Å². The predicted octanol–water partition coefficient (Wildman–Crippen LogP) is 4.31. The number of amides is 1. The number of fused-ring (bicyclic) bond motifs is 1. The molecule has 3 nitrogen and oxygen atoms in total. The number of pyridine rings is 1. The summed E-state index contributed by atoms with van der Waals surface area (Å²) in [6.45, 7) is 1.88. The van der Waals surface area contributed by atoms with Crippen molar-refractivity contribution in [2.45, 2.75) is 38.6 Å². The molecule has 1 N–H and O–H groups in total. The first-order valence-corrected chi connectivity index (χ1v) is 8.09. The smallest absolute Gasteiger partial charge is 0.220 e. The van der Waals surface area contributed by atoms with E-state index in [-0.39, 0.29) is 11.9 Å². The van der Waals surface area contributed by atoms with Gasteiger partial charge in [-0.1, -0.05) is 30.7 Å². The zero-order valence-electron chi connectivity index (χ0n) is 12.6. The molecule has 1 aromatic carbocycles. The van der Waals surface area contributed by atoms with Gasteiger partial charge in [-0.15, -0.1) is 0 Å². The van der Waals surface area contributed by atoms with Crippen molar-refractivity contribution in [2.75, 3.05) is 0 Å². The highest BCUT2D eigenvalue weighted by molar-refractivity contribution is 6.30. The highest BCUT2D eigenvalue weighted by Crippen LogP contribution is 2.35. The molecule has 0 aliphatic heterocycles. The van der Waals surface area contributed by atoms with E-state index in [0.29, 0.717) is 6.42 Å². The van der Waals surface area contributed by atoms with Crippen molar-refractivity contribution in [3.05, 3.63) is 52.8 Å². The number of carbonyl (C=O) groups is 1. The topological polar surface area (TPSA) is 42.0 Å². The van der Waals surface area contributed by atoms with E-state index >= 15 is 0 Å². The second kappa shape index (κ2) is 6.49. The number of hydrogen-bond donors (Lipinski definition) is 1. The quantitative estimate of drug-likeness (QED) is 0.917. The van der Waals surface area contributed by atoms with Gasteiger partial charge in [-0.05, 0) is 48.1 Å². The molecule has 4 heteroatoms. The van der Waals surface area contributed by atoms with Gasteiger partial charge in [0.05, 0.1) is 6.04 Å². The van der Waals surface area contributed by atoms with E-state index in [1.807, 2.05) is 43.6 Å². The Balaban J connectivity index is 1.99. The van der Waals surface area contributed by atoms with E-state index in [4.69, 9.17) is 11.6 Å². The summed E-state index contributed by atoms with van der Waals surface area (Å²) < 4.78 is 0.